The molecule has 7 nitrogen and oxygen atoms in total. The Kier molecular flexibility index (Phi) is 8.08. The first-order valence-electron chi connectivity index (χ1n) is 12.9. The fourth-order valence-electron chi connectivity index (χ4n) is 5.47. The van der Waals surface area contributed by atoms with Crippen LogP contribution in [0.1, 0.15) is 63.6 Å². The van der Waals surface area contributed by atoms with Gasteiger partial charge in [-0.15, -0.1) is 0 Å². The summed E-state index contributed by atoms with van der Waals surface area (Å²) in [6.45, 7) is 10.0. The standard InChI is InChI=1S/C18H18N4O2.C10H16F3N/c1-11-14(4-3-7-19-11)18(12(2)23)8-13(9-18)24-17-6-5-15-16(21-17)10-20-22-15;1-3-8(2)14-6-4-5-9(14)7-10(11,12)13/h3-7,10,13H,8-9H2,1-2H3,(H,20,22);9H,2-7H2,1H3/t;9-/m.1/s1. The molecule has 0 unspecified atom stereocenters. The van der Waals surface area contributed by atoms with Gasteiger partial charge in [0.25, 0.3) is 0 Å². The summed E-state index contributed by atoms with van der Waals surface area (Å²) in [4.78, 5) is 22.9. The number of aromatic amines is 1. The molecule has 10 heteroatoms. The van der Waals surface area contributed by atoms with E-state index in [1.54, 1.807) is 19.3 Å². The lowest BCUT2D eigenvalue weighted by Crippen LogP contribution is -2.52. The molecule has 0 amide bonds. The van der Waals surface area contributed by atoms with E-state index in [0.717, 1.165) is 47.4 Å². The van der Waals surface area contributed by atoms with Crippen molar-refractivity contribution in [3.63, 3.8) is 0 Å². The van der Waals surface area contributed by atoms with Crippen LogP contribution in [0, 0.1) is 6.92 Å². The summed E-state index contributed by atoms with van der Waals surface area (Å²) in [5.74, 6) is 0.727. The quantitative estimate of drug-likeness (QED) is 0.401. The average molecular weight is 530 g/mol. The van der Waals surface area contributed by atoms with Crippen molar-refractivity contribution in [2.45, 2.75) is 83.0 Å². The van der Waals surface area contributed by atoms with Crippen LogP contribution in [0.15, 0.2) is 48.9 Å². The Balaban J connectivity index is 0.000000206. The van der Waals surface area contributed by atoms with Gasteiger partial charge in [-0.3, -0.25) is 14.9 Å². The molecular weight excluding hydrogens is 495 g/mol. The molecule has 2 fully saturated rings. The highest BCUT2D eigenvalue weighted by molar-refractivity contribution is 5.89. The Hall–Kier alpha value is -3.43. The highest BCUT2D eigenvalue weighted by atomic mass is 19.4. The third kappa shape index (κ3) is 6.00. The maximum absolute atomic E-state index is 12.3. The second-order valence-electron chi connectivity index (χ2n) is 10.1. The largest absolute Gasteiger partial charge is 0.474 e. The number of allylic oxidation sites excluding steroid dienone is 1. The molecule has 1 aliphatic heterocycles. The molecule has 0 aromatic carbocycles. The van der Waals surface area contributed by atoms with Crippen molar-refractivity contribution in [2.24, 2.45) is 0 Å². The number of carbonyl (C=O) groups excluding carboxylic acids is 1. The number of hydrogen-bond acceptors (Lipinski definition) is 6. The Morgan fingerprint density at radius 1 is 1.29 bits per heavy atom. The normalized spacial score (nSPS) is 22.9. The van der Waals surface area contributed by atoms with E-state index in [-0.39, 0.29) is 17.9 Å². The van der Waals surface area contributed by atoms with Gasteiger partial charge in [0, 0.05) is 49.1 Å². The smallest absolute Gasteiger partial charge is 0.391 e. The van der Waals surface area contributed by atoms with Gasteiger partial charge < -0.3 is 9.64 Å². The number of Topliss-reactive ketones (excluding diaryl/α,β-unsaturated/α-hetero) is 1. The fourth-order valence-corrected chi connectivity index (χ4v) is 5.47. The number of H-pyrrole nitrogens is 1. The number of aryl methyl sites for hydroxylation is 1. The number of nitrogens with zero attached hydrogens (tertiary/aromatic N) is 4. The Bertz CT molecular complexity index is 1280. The molecule has 5 rings (SSSR count). The maximum Gasteiger partial charge on any atom is 0.391 e. The van der Waals surface area contributed by atoms with Crippen LogP contribution in [0.4, 0.5) is 13.2 Å². The summed E-state index contributed by atoms with van der Waals surface area (Å²) in [5, 5.41) is 6.82. The lowest BCUT2D eigenvalue weighted by Gasteiger charge is -2.46. The van der Waals surface area contributed by atoms with Crippen LogP contribution >= 0.6 is 0 Å². The number of alkyl halides is 3. The van der Waals surface area contributed by atoms with E-state index >= 15 is 0 Å². The molecule has 0 spiro atoms. The number of aromatic nitrogens is 4. The first-order valence-corrected chi connectivity index (χ1v) is 12.9. The minimum Gasteiger partial charge on any atom is -0.474 e. The lowest BCUT2D eigenvalue weighted by molar-refractivity contribution is -0.144. The van der Waals surface area contributed by atoms with Gasteiger partial charge in [-0.2, -0.15) is 18.3 Å². The molecule has 0 radical (unpaired) electrons. The summed E-state index contributed by atoms with van der Waals surface area (Å²) in [6, 6.07) is 7.23. The molecular formula is C28H34F3N5O2. The maximum atomic E-state index is 12.3. The van der Waals surface area contributed by atoms with Crippen molar-refractivity contribution in [1.82, 2.24) is 25.1 Å². The topological polar surface area (TPSA) is 84.0 Å². The van der Waals surface area contributed by atoms with Gasteiger partial charge in [0.1, 0.15) is 17.4 Å². The number of ketones is 1. The molecule has 38 heavy (non-hydrogen) atoms. The molecule has 3 aromatic rings. The number of hydrogen-bond donors (Lipinski definition) is 1. The minimum absolute atomic E-state index is 0.0228. The van der Waals surface area contributed by atoms with E-state index in [9.17, 15) is 18.0 Å². The van der Waals surface area contributed by atoms with Crippen molar-refractivity contribution in [3.05, 3.63) is 60.2 Å². The predicted octanol–water partition coefficient (Wildman–Crippen LogP) is 6.06. The minimum atomic E-state index is -4.05. The highest BCUT2D eigenvalue weighted by Gasteiger charge is 2.51. The highest BCUT2D eigenvalue weighted by Crippen LogP contribution is 2.47. The Morgan fingerprint density at radius 3 is 2.71 bits per heavy atom. The van der Waals surface area contributed by atoms with E-state index < -0.39 is 18.0 Å². The summed E-state index contributed by atoms with van der Waals surface area (Å²) in [6.07, 6.45) is 2.16. The van der Waals surface area contributed by atoms with Gasteiger partial charge >= 0.3 is 6.18 Å². The Labute approximate surface area is 220 Å². The van der Waals surface area contributed by atoms with Crippen LogP contribution in [-0.4, -0.2) is 55.7 Å². The number of rotatable bonds is 7. The van der Waals surface area contributed by atoms with Crippen LogP contribution in [0.2, 0.25) is 0 Å². The van der Waals surface area contributed by atoms with Crippen LogP contribution < -0.4 is 4.74 Å². The van der Waals surface area contributed by atoms with E-state index in [4.69, 9.17) is 4.74 Å². The van der Waals surface area contributed by atoms with Gasteiger partial charge in [0.2, 0.25) is 5.88 Å². The van der Waals surface area contributed by atoms with E-state index in [1.807, 2.05) is 43.0 Å². The van der Waals surface area contributed by atoms with Crippen LogP contribution in [0.3, 0.4) is 0 Å². The van der Waals surface area contributed by atoms with Crippen molar-refractivity contribution in [3.8, 4) is 5.88 Å². The van der Waals surface area contributed by atoms with Crippen molar-refractivity contribution in [2.75, 3.05) is 6.54 Å². The summed E-state index contributed by atoms with van der Waals surface area (Å²) < 4.78 is 42.5. The second kappa shape index (κ2) is 11.1. The van der Waals surface area contributed by atoms with Gasteiger partial charge in [-0.05, 0) is 50.8 Å². The number of nitrogens with one attached hydrogen (secondary N) is 1. The third-order valence-electron chi connectivity index (χ3n) is 7.57. The first-order chi connectivity index (χ1) is 18.0. The lowest BCUT2D eigenvalue weighted by atomic mass is 9.60. The summed E-state index contributed by atoms with van der Waals surface area (Å²) in [7, 11) is 0. The molecule has 1 saturated heterocycles. The van der Waals surface area contributed by atoms with E-state index in [2.05, 4.69) is 26.7 Å². The molecule has 2 aliphatic rings. The molecule has 4 heterocycles. The van der Waals surface area contributed by atoms with Gasteiger partial charge in [-0.25, -0.2) is 4.98 Å². The zero-order valence-corrected chi connectivity index (χ0v) is 22.0. The number of ether oxygens (including phenoxy) is 1. The number of halogens is 3. The fraction of sp³-hybridized carbons (Fsp3) is 0.500. The van der Waals surface area contributed by atoms with Gasteiger partial charge in [0.15, 0.2) is 0 Å². The first kappa shape index (κ1) is 27.6. The molecule has 0 bridgehead atoms. The zero-order valence-electron chi connectivity index (χ0n) is 22.0. The van der Waals surface area contributed by atoms with Crippen molar-refractivity contribution < 1.29 is 22.7 Å². The van der Waals surface area contributed by atoms with Gasteiger partial charge in [0.05, 0.1) is 23.5 Å². The SMILES string of the molecule is C=C(CC)N1CCC[C@@H]1CC(F)(F)F.CC(=O)C1(c2cccnc2C)CC(Oc2ccc3[nH]ncc3n2)C1. The monoisotopic (exact) mass is 529 g/mol. The second-order valence-corrected chi connectivity index (χ2v) is 10.1. The van der Waals surface area contributed by atoms with Crippen molar-refractivity contribution in [1.29, 1.82) is 0 Å². The zero-order chi connectivity index (χ0) is 27.5. The molecule has 1 aliphatic carbocycles. The molecule has 1 atom stereocenters. The molecule has 1 saturated carbocycles. The summed E-state index contributed by atoms with van der Waals surface area (Å²) in [5.41, 5.74) is 3.91. The number of fused-ring (bicyclic) bond motifs is 1. The van der Waals surface area contributed by atoms with E-state index in [1.165, 1.54) is 0 Å². The van der Waals surface area contributed by atoms with Gasteiger partial charge in [-0.1, -0.05) is 19.6 Å². The number of likely N-dealkylation sites (tertiary alicyclic amines) is 1. The Morgan fingerprint density at radius 2 is 2.05 bits per heavy atom. The average Bonchev–Trinajstić information content (AvgIpc) is 3.49. The third-order valence-corrected chi connectivity index (χ3v) is 7.57. The molecule has 204 valence electrons. The molecule has 1 N–H and O–H groups in total. The van der Waals surface area contributed by atoms with Crippen LogP contribution in [0.25, 0.3) is 11.0 Å². The number of carbonyl (C=O) groups is 1. The van der Waals surface area contributed by atoms with Crippen molar-refractivity contribution >= 4 is 16.8 Å². The summed E-state index contributed by atoms with van der Waals surface area (Å²) >= 11 is 0. The number of pyridine rings is 2. The molecule has 3 aromatic heterocycles. The van der Waals surface area contributed by atoms with Crippen LogP contribution in [0.5, 0.6) is 5.88 Å². The van der Waals surface area contributed by atoms with E-state index in [0.29, 0.717) is 25.1 Å². The van der Waals surface area contributed by atoms with Crippen LogP contribution in [-0.2, 0) is 10.2 Å². The predicted molar refractivity (Wildman–Crippen MR) is 139 cm³/mol.